The lowest BCUT2D eigenvalue weighted by atomic mass is 10.0. The average Bonchev–Trinajstić information content (AvgIpc) is 2.61. The van der Waals surface area contributed by atoms with E-state index in [0.29, 0.717) is 0 Å². The zero-order valence-corrected chi connectivity index (χ0v) is 11.7. The maximum absolute atomic E-state index is 12.8. The summed E-state index contributed by atoms with van der Waals surface area (Å²) in [5.41, 5.74) is 6.90. The molecule has 19 heavy (non-hydrogen) atoms. The molecule has 2 unspecified atom stereocenters. The number of nitrogens with zero attached hydrogens (tertiary/aromatic N) is 2. The van der Waals surface area contributed by atoms with Gasteiger partial charge in [0.05, 0.1) is 11.9 Å². The monoisotopic (exact) mass is 265 g/mol. The fraction of sp³-hybridized carbons (Fsp3) is 0.667. The number of aromatic nitrogens is 1. The summed E-state index contributed by atoms with van der Waals surface area (Å²) in [5.74, 6) is 0.537. The van der Waals surface area contributed by atoms with Crippen LogP contribution in [0.4, 0.5) is 4.39 Å². The van der Waals surface area contributed by atoms with Gasteiger partial charge in [0.2, 0.25) is 0 Å². The molecule has 1 aliphatic heterocycles. The summed E-state index contributed by atoms with van der Waals surface area (Å²) in [4.78, 5) is 6.55. The van der Waals surface area contributed by atoms with E-state index in [0.717, 1.165) is 24.6 Å². The molecule has 4 heteroatoms. The summed E-state index contributed by atoms with van der Waals surface area (Å²) < 4.78 is 12.8. The average molecular weight is 265 g/mol. The molecule has 2 atom stereocenters. The van der Waals surface area contributed by atoms with Crippen molar-refractivity contribution in [1.29, 1.82) is 0 Å². The first-order chi connectivity index (χ1) is 9.15. The van der Waals surface area contributed by atoms with Crippen molar-refractivity contribution >= 4 is 0 Å². The molecule has 0 radical (unpaired) electrons. The summed E-state index contributed by atoms with van der Waals surface area (Å²) in [6, 6.07) is 3.02. The molecule has 2 rings (SSSR count). The molecule has 2 N–H and O–H groups in total. The first-order valence-corrected chi connectivity index (χ1v) is 7.24. The van der Waals surface area contributed by atoms with Crippen LogP contribution in [0.25, 0.3) is 0 Å². The fourth-order valence-electron chi connectivity index (χ4n) is 2.62. The highest BCUT2D eigenvalue weighted by molar-refractivity contribution is 5.09. The van der Waals surface area contributed by atoms with E-state index in [2.05, 4.69) is 16.8 Å². The molecule has 0 bridgehead atoms. The van der Waals surface area contributed by atoms with Gasteiger partial charge in [-0.05, 0) is 63.4 Å². The van der Waals surface area contributed by atoms with Gasteiger partial charge in [0.1, 0.15) is 5.82 Å². The van der Waals surface area contributed by atoms with Crippen molar-refractivity contribution in [2.75, 3.05) is 19.6 Å². The Balaban J connectivity index is 1.79. The lowest BCUT2D eigenvalue weighted by Crippen LogP contribution is -2.28. The van der Waals surface area contributed by atoms with E-state index >= 15 is 0 Å². The SMILES string of the molecule is CC1CCCN(CCC(N)c2ccc(F)cn2)CC1. The largest absolute Gasteiger partial charge is 0.323 e. The second-order valence-corrected chi connectivity index (χ2v) is 5.67. The maximum Gasteiger partial charge on any atom is 0.141 e. The Morgan fingerprint density at radius 3 is 3.00 bits per heavy atom. The minimum Gasteiger partial charge on any atom is -0.323 e. The van der Waals surface area contributed by atoms with Gasteiger partial charge in [-0.2, -0.15) is 0 Å². The third-order valence-corrected chi connectivity index (χ3v) is 4.00. The summed E-state index contributed by atoms with van der Waals surface area (Å²) in [5, 5.41) is 0. The van der Waals surface area contributed by atoms with E-state index in [-0.39, 0.29) is 11.9 Å². The minimum atomic E-state index is -0.308. The van der Waals surface area contributed by atoms with Gasteiger partial charge in [-0.25, -0.2) is 4.39 Å². The Morgan fingerprint density at radius 2 is 2.26 bits per heavy atom. The Kier molecular flexibility index (Phi) is 5.28. The topological polar surface area (TPSA) is 42.1 Å². The standard InChI is InChI=1S/C15H24FN3/c1-12-3-2-8-19(9-6-12)10-7-14(17)15-5-4-13(16)11-18-15/h4-5,11-12,14H,2-3,6-10,17H2,1H3. The Bertz CT molecular complexity index is 379. The Labute approximate surface area is 115 Å². The van der Waals surface area contributed by atoms with E-state index in [1.54, 1.807) is 6.07 Å². The third kappa shape index (κ3) is 4.55. The molecule has 1 saturated heterocycles. The molecule has 3 nitrogen and oxygen atoms in total. The van der Waals surface area contributed by atoms with Crippen molar-refractivity contribution in [3.05, 3.63) is 29.8 Å². The van der Waals surface area contributed by atoms with Crippen LogP contribution in [-0.4, -0.2) is 29.5 Å². The van der Waals surface area contributed by atoms with Crippen molar-refractivity contribution in [3.63, 3.8) is 0 Å². The molecule has 1 aromatic rings. The molecule has 106 valence electrons. The number of hydrogen-bond acceptors (Lipinski definition) is 3. The van der Waals surface area contributed by atoms with Crippen LogP contribution in [0.15, 0.2) is 18.3 Å². The summed E-state index contributed by atoms with van der Waals surface area (Å²) >= 11 is 0. The highest BCUT2D eigenvalue weighted by atomic mass is 19.1. The van der Waals surface area contributed by atoms with Crippen molar-refractivity contribution in [2.24, 2.45) is 11.7 Å². The number of hydrogen-bond donors (Lipinski definition) is 1. The van der Waals surface area contributed by atoms with Gasteiger partial charge in [0.25, 0.3) is 0 Å². The highest BCUT2D eigenvalue weighted by Crippen LogP contribution is 2.18. The van der Waals surface area contributed by atoms with Crippen LogP contribution in [0.2, 0.25) is 0 Å². The zero-order chi connectivity index (χ0) is 13.7. The number of likely N-dealkylation sites (tertiary alicyclic amines) is 1. The Hall–Kier alpha value is -1.00. The summed E-state index contributed by atoms with van der Waals surface area (Å²) in [6.07, 6.45) is 6.02. The highest BCUT2D eigenvalue weighted by Gasteiger charge is 2.15. The number of nitrogens with two attached hydrogens (primary N) is 1. The molecule has 1 aliphatic rings. The number of halogens is 1. The van der Waals surface area contributed by atoms with Crippen LogP contribution in [-0.2, 0) is 0 Å². The number of pyridine rings is 1. The van der Waals surface area contributed by atoms with Crippen molar-refractivity contribution in [3.8, 4) is 0 Å². The van der Waals surface area contributed by atoms with E-state index < -0.39 is 0 Å². The molecule has 1 aromatic heterocycles. The van der Waals surface area contributed by atoms with Crippen LogP contribution in [0.1, 0.15) is 44.3 Å². The second-order valence-electron chi connectivity index (χ2n) is 5.67. The van der Waals surface area contributed by atoms with Gasteiger partial charge >= 0.3 is 0 Å². The summed E-state index contributed by atoms with van der Waals surface area (Å²) in [7, 11) is 0. The van der Waals surface area contributed by atoms with Crippen molar-refractivity contribution in [1.82, 2.24) is 9.88 Å². The lowest BCUT2D eigenvalue weighted by Gasteiger charge is -2.21. The molecular formula is C15H24FN3. The van der Waals surface area contributed by atoms with Crippen LogP contribution < -0.4 is 5.73 Å². The zero-order valence-electron chi connectivity index (χ0n) is 11.7. The molecule has 2 heterocycles. The summed E-state index contributed by atoms with van der Waals surface area (Å²) in [6.45, 7) is 5.68. The smallest absolute Gasteiger partial charge is 0.141 e. The molecule has 0 aromatic carbocycles. The Morgan fingerprint density at radius 1 is 1.42 bits per heavy atom. The van der Waals surface area contributed by atoms with Gasteiger partial charge in [0, 0.05) is 6.04 Å². The van der Waals surface area contributed by atoms with E-state index in [9.17, 15) is 4.39 Å². The van der Waals surface area contributed by atoms with Gasteiger partial charge in [0.15, 0.2) is 0 Å². The van der Waals surface area contributed by atoms with E-state index in [1.807, 2.05) is 0 Å². The molecular weight excluding hydrogens is 241 g/mol. The maximum atomic E-state index is 12.8. The van der Waals surface area contributed by atoms with Crippen LogP contribution in [0.3, 0.4) is 0 Å². The van der Waals surface area contributed by atoms with Crippen molar-refractivity contribution in [2.45, 2.75) is 38.6 Å². The van der Waals surface area contributed by atoms with Crippen molar-refractivity contribution < 1.29 is 4.39 Å². The lowest BCUT2D eigenvalue weighted by molar-refractivity contribution is 0.270. The van der Waals surface area contributed by atoms with Gasteiger partial charge in [-0.3, -0.25) is 4.98 Å². The minimum absolute atomic E-state index is 0.0960. The first kappa shape index (κ1) is 14.4. The molecule has 0 spiro atoms. The van der Waals surface area contributed by atoms with Gasteiger partial charge < -0.3 is 10.6 Å². The van der Waals surface area contributed by atoms with E-state index in [1.165, 1.54) is 44.6 Å². The predicted molar refractivity (Wildman–Crippen MR) is 75.2 cm³/mol. The molecule has 0 amide bonds. The normalized spacial score (nSPS) is 23.0. The van der Waals surface area contributed by atoms with Gasteiger partial charge in [-0.15, -0.1) is 0 Å². The molecule has 0 aliphatic carbocycles. The van der Waals surface area contributed by atoms with Crippen LogP contribution in [0.5, 0.6) is 0 Å². The van der Waals surface area contributed by atoms with Crippen LogP contribution in [0, 0.1) is 11.7 Å². The first-order valence-electron chi connectivity index (χ1n) is 7.24. The number of rotatable bonds is 4. The third-order valence-electron chi connectivity index (χ3n) is 4.00. The second kappa shape index (κ2) is 6.96. The van der Waals surface area contributed by atoms with Crippen LogP contribution >= 0.6 is 0 Å². The quantitative estimate of drug-likeness (QED) is 0.910. The predicted octanol–water partition coefficient (Wildman–Crippen LogP) is 2.73. The molecule has 0 saturated carbocycles. The molecule has 1 fully saturated rings. The van der Waals surface area contributed by atoms with E-state index in [4.69, 9.17) is 5.73 Å². The van der Waals surface area contributed by atoms with Gasteiger partial charge in [-0.1, -0.05) is 6.92 Å². The fourth-order valence-corrected chi connectivity index (χ4v) is 2.62.